The average Bonchev–Trinajstić information content (AvgIpc) is 1.56. The number of pyridine rings is 6. The number of hydrogen-bond donors (Lipinski definition) is 0. The molecule has 0 bridgehead atoms. The summed E-state index contributed by atoms with van der Waals surface area (Å²) in [4.78, 5) is 5.60. The molecule has 0 radical (unpaired) electrons. The van der Waals surface area contributed by atoms with Crippen LogP contribution in [0.2, 0.25) is 0 Å². The molecule has 0 fully saturated rings. The fourth-order valence-electron chi connectivity index (χ4n) is 19.8. The van der Waals surface area contributed by atoms with Gasteiger partial charge in [-0.2, -0.15) is 0 Å². The van der Waals surface area contributed by atoms with Gasteiger partial charge in [0.1, 0.15) is 40.1 Å². The van der Waals surface area contributed by atoms with Gasteiger partial charge in [-0.05, 0) is 233 Å². The van der Waals surface area contributed by atoms with E-state index < -0.39 is 27.4 Å². The lowest BCUT2D eigenvalue weighted by Crippen LogP contribution is -2.31. The highest BCUT2D eigenvalue weighted by atomic mass is 32.1. The molecule has 25 aromatic rings. The van der Waals surface area contributed by atoms with E-state index in [9.17, 15) is 0 Å². The molecule has 0 aliphatic heterocycles. The number of hydrogen-bond acceptors (Lipinski definition) is 6. The molecule has 6 nitrogen and oxygen atoms in total. The normalized spacial score (nSPS) is 13.4. The number of thiophene rings is 5. The van der Waals surface area contributed by atoms with Gasteiger partial charge in [0.05, 0.1) is 46.5 Å². The summed E-state index contributed by atoms with van der Waals surface area (Å²) in [5, 5.41) is 22.9. The summed E-state index contributed by atoms with van der Waals surface area (Å²) >= 11 is 8.59. The van der Waals surface area contributed by atoms with Crippen molar-refractivity contribution < 1.29 is 39.3 Å². The van der Waals surface area contributed by atoms with E-state index in [-0.39, 0.29) is 11.1 Å². The molecule has 642 valence electrons. The van der Waals surface area contributed by atoms with Crippen LogP contribution in [0, 0.1) is 82.8 Å². The first-order valence-electron chi connectivity index (χ1n) is 50.4. The predicted octanol–water partition coefficient (Wildman–Crippen LogP) is 31.6. The second-order valence-electron chi connectivity index (χ2n) is 35.2. The molecule has 0 amide bonds. The Balaban J connectivity index is 0.000000107. The van der Waals surface area contributed by atoms with Gasteiger partial charge in [0, 0.05) is 134 Å². The van der Waals surface area contributed by atoms with Crippen LogP contribution < -0.4 is 22.8 Å². The van der Waals surface area contributed by atoms with E-state index in [1.54, 1.807) is 36.7 Å². The second kappa shape index (κ2) is 34.3. The van der Waals surface area contributed by atoms with Gasteiger partial charge in [-0.1, -0.05) is 216 Å². The number of benzene rings is 14. The lowest BCUT2D eigenvalue weighted by molar-refractivity contribution is -0.659. The quantitative estimate of drug-likeness (QED) is 0.158. The first-order chi connectivity index (χ1) is 68.8. The highest BCUT2D eigenvalue weighted by Gasteiger charge is 2.30. The third-order valence-electron chi connectivity index (χ3n) is 26.1. The molecule has 0 unspecified atom stereocenters. The number of nitrogens with zero attached hydrogens (tertiary/aromatic N) is 6. The van der Waals surface area contributed by atoms with Crippen LogP contribution in [0.15, 0.2) is 316 Å². The first-order valence-corrected chi connectivity index (χ1v) is 48.4. The Bertz CT molecular complexity index is 9370. The van der Waals surface area contributed by atoms with Gasteiger partial charge in [-0.25, -0.2) is 27.8 Å². The van der Waals surface area contributed by atoms with Crippen molar-refractivity contribution in [3.8, 4) is 56.3 Å². The van der Waals surface area contributed by atoms with E-state index in [1.165, 1.54) is 183 Å². The maximum atomic E-state index is 8.15. The summed E-state index contributed by atoms with van der Waals surface area (Å²) in [6, 6.07) is 99.2. The molecule has 0 atom stereocenters. The zero-order valence-electron chi connectivity index (χ0n) is 87.7. The third-order valence-corrected chi connectivity index (χ3v) is 32.0. The monoisotopic (exact) mass is 1810 g/mol. The van der Waals surface area contributed by atoms with Crippen molar-refractivity contribution >= 4 is 212 Å². The zero-order chi connectivity index (χ0) is 101. The molecular weight excluding hydrogens is 1700 g/mol. The highest BCUT2D eigenvalue weighted by Crippen LogP contribution is 2.49. The second-order valence-corrected chi connectivity index (χ2v) is 40.5. The Labute approximate surface area is 807 Å². The minimum atomic E-state index is -2.28. The van der Waals surface area contributed by atoms with Crippen molar-refractivity contribution in [2.45, 2.75) is 82.8 Å². The van der Waals surface area contributed by atoms with Crippen LogP contribution in [0.3, 0.4) is 0 Å². The Morgan fingerprint density at radius 2 is 0.583 bits per heavy atom. The van der Waals surface area contributed by atoms with Crippen molar-refractivity contribution in [3.63, 3.8) is 0 Å². The highest BCUT2D eigenvalue weighted by molar-refractivity contribution is 7.28. The van der Waals surface area contributed by atoms with Crippen LogP contribution in [-0.2, 0) is 35.2 Å². The van der Waals surface area contributed by atoms with Crippen molar-refractivity contribution in [1.82, 2.24) is 4.98 Å². The Morgan fingerprint density at radius 3 is 1.07 bits per heavy atom. The van der Waals surface area contributed by atoms with Crippen LogP contribution >= 0.6 is 56.7 Å². The van der Waals surface area contributed by atoms with Crippen LogP contribution in [0.1, 0.15) is 83.2 Å². The molecule has 0 N–H and O–H groups in total. The van der Waals surface area contributed by atoms with Gasteiger partial charge < -0.3 is 0 Å². The average molecular weight is 1810 g/mol. The van der Waals surface area contributed by atoms with Crippen LogP contribution in [0.4, 0.5) is 0 Å². The molecule has 0 aliphatic rings. The van der Waals surface area contributed by atoms with Gasteiger partial charge >= 0.3 is 0 Å². The van der Waals surface area contributed by atoms with Crippen molar-refractivity contribution in [3.05, 3.63) is 383 Å². The minimum Gasteiger partial charge on any atom is -0.237 e. The summed E-state index contributed by atoms with van der Waals surface area (Å²) in [5.74, 6) is 0. The van der Waals surface area contributed by atoms with E-state index in [1.807, 2.05) is 120 Å². The predicted molar refractivity (Wildman–Crippen MR) is 572 cm³/mol. The van der Waals surface area contributed by atoms with E-state index in [4.69, 9.17) is 21.4 Å². The van der Waals surface area contributed by atoms with E-state index in [2.05, 4.69) is 307 Å². The fourth-order valence-corrected chi connectivity index (χ4v) is 25.6. The third kappa shape index (κ3) is 15.2. The van der Waals surface area contributed by atoms with Gasteiger partial charge in [0.15, 0.2) is 31.0 Å². The molecule has 11 heterocycles. The van der Waals surface area contributed by atoms with Crippen molar-refractivity contribution in [2.75, 3.05) is 0 Å². The molecule has 11 aromatic heterocycles. The van der Waals surface area contributed by atoms with Crippen LogP contribution in [0.5, 0.6) is 0 Å². The van der Waals surface area contributed by atoms with Crippen LogP contribution in [0.25, 0.3) is 211 Å². The Morgan fingerprint density at radius 1 is 0.227 bits per heavy atom. The van der Waals surface area contributed by atoms with Gasteiger partial charge in [-0.15, -0.1) is 56.7 Å². The molecule has 25 rings (SSSR count). The van der Waals surface area contributed by atoms with E-state index in [0.29, 0.717) is 15.8 Å². The van der Waals surface area contributed by atoms with E-state index in [0.717, 1.165) is 91.1 Å². The molecule has 132 heavy (non-hydrogen) atoms. The molecule has 0 saturated heterocycles. The summed E-state index contributed by atoms with van der Waals surface area (Å²) in [7, 11) is 10.2. The van der Waals surface area contributed by atoms with Crippen molar-refractivity contribution in [2.24, 2.45) is 35.2 Å². The maximum absolute atomic E-state index is 8.15. The number of aryl methyl sites for hydroxylation is 17. The van der Waals surface area contributed by atoms with Crippen molar-refractivity contribution in [1.29, 1.82) is 0 Å². The first kappa shape index (κ1) is 72.1. The lowest BCUT2D eigenvalue weighted by atomic mass is 9.97. The summed E-state index contributed by atoms with van der Waals surface area (Å²) in [6.45, 7) is 8.05. The standard InChI is InChI=1S/2C25H22NS.C24H21N2S.C24H20NS.C23H18NS/c2*1-15-9-10-20(16(2)11-15)24-23-21-12-18-7-5-6-8-19(18)13-22(21)27-25(23)17(3)14-26(24)4;1-14-9-10-18(15(2)11-14)22-21-19-12-17-7-5-6-8-20(17)25-24(19)27-23(21)16(3)13-26(22)4;1-15-8-9-19(16(2)12-15)24-23-20-13-17-6-4-5-7-18(17)14-22(20)26-21(23)10-11-25(24)3;1-15-7-3-5-9-17(15)22-21-19-12-11-16-8-4-6-10-18(16)23(19)25-20(21)13-14-24(22)2/h2*5-14H,1-4H3;5-13H,1-4H3;4-14H,1-3H3;3-14H,1-2H3/q5*+1/i1D3,3D3;;1D3,3D3;;. The fraction of sp³-hybridized carbons (Fsp3) is 0.140. The molecule has 0 aliphatic carbocycles. The number of fused-ring (bicyclic) bond motifs is 21. The smallest absolute Gasteiger partial charge is 0.222 e. The molecule has 11 heteroatoms. The van der Waals surface area contributed by atoms with E-state index >= 15 is 0 Å². The van der Waals surface area contributed by atoms with Gasteiger partial charge in [-0.3, -0.25) is 0 Å². The number of aromatic nitrogens is 6. The Hall–Kier alpha value is -13.6. The molecule has 14 aromatic carbocycles. The summed E-state index contributed by atoms with van der Waals surface area (Å²) in [6.07, 6.45) is 9.99. The topological polar surface area (TPSA) is 32.3 Å². The Kier molecular flexibility index (Phi) is 18.7. The minimum absolute atomic E-state index is 0.282. The SMILES string of the molecule is Cc1ccc(-c2c3c(cc[n+]2C)sc2cc4ccccc4cc23)c(C)c1.Cc1ccc(-c2c3c(sc4cc5ccccc5cc43)c(C)c[n+]2C)c(C)c1.Cc1ccccc1-c1c2c(cc[n+]1C)sc1c3ccccc3ccc12.[2H]C([2H])([2H])c1ccc(-c2c3c(sc4cc5ccccc5cc43)c(C([2H])([2H])[2H])c[n+]2C)c(C)c1.[2H]C([2H])([2H])c1ccc(-c2c3c(sc4nc5ccccc5cc43)c(C([2H])([2H])[2H])c[n+]2C)c(C)c1. The summed E-state index contributed by atoms with van der Waals surface area (Å²) in [5.41, 5.74) is 23.0. The lowest BCUT2D eigenvalue weighted by Gasteiger charge is -2.09. The largest absolute Gasteiger partial charge is 0.237 e. The number of rotatable bonds is 5. The zero-order valence-corrected chi connectivity index (χ0v) is 79.8. The van der Waals surface area contributed by atoms with Crippen LogP contribution in [-0.4, -0.2) is 4.98 Å². The molecular formula is C121H103N6S5+5. The van der Waals surface area contributed by atoms with Gasteiger partial charge in [0.25, 0.3) is 0 Å². The molecule has 0 spiro atoms. The maximum Gasteiger partial charge on any atom is 0.222 e. The summed E-state index contributed by atoms with van der Waals surface area (Å²) < 4.78 is 116. The molecule has 0 saturated carbocycles. The van der Waals surface area contributed by atoms with Gasteiger partial charge in [0.2, 0.25) is 28.5 Å². The number of para-hydroxylation sites is 1.